The van der Waals surface area contributed by atoms with E-state index in [2.05, 4.69) is 4.74 Å². The maximum atomic E-state index is 13.7. The van der Waals surface area contributed by atoms with Crippen LogP contribution < -0.4 is 5.73 Å². The molecular weight excluding hydrogens is 315 g/mol. The Balaban J connectivity index is 3.19. The van der Waals surface area contributed by atoms with Crippen LogP contribution in [0.1, 0.15) is 24.2 Å². The molecule has 22 heavy (non-hydrogen) atoms. The molecule has 0 atom stereocenters. The SMILES string of the molecule is CCN(CC)S(=O)(=O)c1ccc(F)c(C(=O)OCC(N)=O)c1. The van der Waals surface area contributed by atoms with Gasteiger partial charge in [-0.05, 0) is 18.2 Å². The Kier molecular flexibility index (Phi) is 6.01. The van der Waals surface area contributed by atoms with Crippen LogP contribution in [0.2, 0.25) is 0 Å². The monoisotopic (exact) mass is 332 g/mol. The first-order chi connectivity index (χ1) is 10.2. The number of hydrogen-bond donors (Lipinski definition) is 1. The van der Waals surface area contributed by atoms with E-state index >= 15 is 0 Å². The quantitative estimate of drug-likeness (QED) is 0.732. The van der Waals surface area contributed by atoms with Crippen LogP contribution >= 0.6 is 0 Å². The first kappa shape index (κ1) is 18.1. The summed E-state index contributed by atoms with van der Waals surface area (Å²) < 4.78 is 44.0. The fourth-order valence-corrected chi connectivity index (χ4v) is 3.23. The number of primary amides is 1. The first-order valence-electron chi connectivity index (χ1n) is 6.49. The minimum Gasteiger partial charge on any atom is -0.452 e. The van der Waals surface area contributed by atoms with Crippen LogP contribution in [0.25, 0.3) is 0 Å². The van der Waals surface area contributed by atoms with Crippen molar-refractivity contribution in [1.29, 1.82) is 0 Å². The Morgan fingerprint density at radius 1 is 1.27 bits per heavy atom. The molecule has 0 aliphatic carbocycles. The van der Waals surface area contributed by atoms with Gasteiger partial charge in [0.2, 0.25) is 10.0 Å². The zero-order chi connectivity index (χ0) is 16.9. The highest BCUT2D eigenvalue weighted by Crippen LogP contribution is 2.19. The number of carbonyl (C=O) groups excluding carboxylic acids is 2. The minimum atomic E-state index is -3.84. The molecule has 0 aliphatic rings. The fourth-order valence-electron chi connectivity index (χ4n) is 1.75. The molecule has 1 aromatic carbocycles. The largest absolute Gasteiger partial charge is 0.452 e. The van der Waals surface area contributed by atoms with E-state index in [1.807, 2.05) is 0 Å². The van der Waals surface area contributed by atoms with Gasteiger partial charge in [0.1, 0.15) is 5.82 Å². The van der Waals surface area contributed by atoms with Crippen LogP contribution in [0.3, 0.4) is 0 Å². The number of ether oxygens (including phenoxy) is 1. The summed E-state index contributed by atoms with van der Waals surface area (Å²) in [5.41, 5.74) is 4.24. The number of rotatable bonds is 7. The van der Waals surface area contributed by atoms with E-state index in [0.717, 1.165) is 18.2 Å². The van der Waals surface area contributed by atoms with Gasteiger partial charge in [0, 0.05) is 13.1 Å². The van der Waals surface area contributed by atoms with Crippen molar-refractivity contribution in [2.24, 2.45) is 5.73 Å². The second-order valence-electron chi connectivity index (χ2n) is 4.27. The lowest BCUT2D eigenvalue weighted by atomic mass is 10.2. The maximum Gasteiger partial charge on any atom is 0.341 e. The molecule has 0 bridgehead atoms. The Morgan fingerprint density at radius 3 is 2.36 bits per heavy atom. The van der Waals surface area contributed by atoms with Crippen LogP contribution in [-0.4, -0.2) is 44.3 Å². The molecule has 0 heterocycles. The maximum absolute atomic E-state index is 13.7. The minimum absolute atomic E-state index is 0.233. The highest BCUT2D eigenvalue weighted by Gasteiger charge is 2.24. The number of carbonyl (C=O) groups is 2. The van der Waals surface area contributed by atoms with Crippen molar-refractivity contribution in [3.63, 3.8) is 0 Å². The van der Waals surface area contributed by atoms with Crippen molar-refractivity contribution >= 4 is 21.9 Å². The summed E-state index contributed by atoms with van der Waals surface area (Å²) in [6.45, 7) is 3.07. The van der Waals surface area contributed by atoms with Gasteiger partial charge in [0.25, 0.3) is 5.91 Å². The van der Waals surface area contributed by atoms with Gasteiger partial charge in [-0.2, -0.15) is 4.31 Å². The van der Waals surface area contributed by atoms with E-state index in [1.165, 1.54) is 4.31 Å². The molecule has 9 heteroatoms. The Morgan fingerprint density at radius 2 is 1.86 bits per heavy atom. The summed E-state index contributed by atoms with van der Waals surface area (Å²) in [5, 5.41) is 0. The van der Waals surface area contributed by atoms with Crippen molar-refractivity contribution < 1.29 is 27.1 Å². The van der Waals surface area contributed by atoms with E-state index in [4.69, 9.17) is 5.73 Å². The predicted octanol–water partition coefficient (Wildman–Crippen LogP) is 0.498. The number of nitrogens with zero attached hydrogens (tertiary/aromatic N) is 1. The molecular formula is C13H17FN2O5S. The van der Waals surface area contributed by atoms with Crippen LogP contribution in [0.4, 0.5) is 4.39 Å². The third-order valence-electron chi connectivity index (χ3n) is 2.85. The number of halogens is 1. The van der Waals surface area contributed by atoms with E-state index in [9.17, 15) is 22.4 Å². The van der Waals surface area contributed by atoms with Gasteiger partial charge in [-0.1, -0.05) is 13.8 Å². The van der Waals surface area contributed by atoms with Crippen LogP contribution in [0.5, 0.6) is 0 Å². The van der Waals surface area contributed by atoms with Gasteiger partial charge in [-0.25, -0.2) is 17.6 Å². The van der Waals surface area contributed by atoms with Gasteiger partial charge < -0.3 is 10.5 Å². The molecule has 7 nitrogen and oxygen atoms in total. The molecule has 122 valence electrons. The molecule has 0 spiro atoms. The predicted molar refractivity (Wildman–Crippen MR) is 76.0 cm³/mol. The molecule has 0 unspecified atom stereocenters. The summed E-state index contributed by atoms with van der Waals surface area (Å²) >= 11 is 0. The molecule has 0 fully saturated rings. The average molecular weight is 332 g/mol. The van der Waals surface area contributed by atoms with Crippen LogP contribution in [-0.2, 0) is 19.6 Å². The van der Waals surface area contributed by atoms with Crippen LogP contribution in [0.15, 0.2) is 23.1 Å². The number of nitrogens with two attached hydrogens (primary N) is 1. The summed E-state index contributed by atoms with van der Waals surface area (Å²) in [7, 11) is -3.84. The molecule has 1 rings (SSSR count). The van der Waals surface area contributed by atoms with Crippen molar-refractivity contribution in [2.45, 2.75) is 18.7 Å². The summed E-state index contributed by atoms with van der Waals surface area (Å²) in [4.78, 5) is 22.0. The molecule has 0 aliphatic heterocycles. The second-order valence-corrected chi connectivity index (χ2v) is 6.21. The molecule has 0 saturated heterocycles. The number of sulfonamides is 1. The lowest BCUT2D eigenvalue weighted by Crippen LogP contribution is -2.30. The molecule has 1 aromatic rings. The van der Waals surface area contributed by atoms with E-state index < -0.39 is 39.9 Å². The molecule has 2 N–H and O–H groups in total. The number of amides is 1. The first-order valence-corrected chi connectivity index (χ1v) is 7.93. The standard InChI is InChI=1S/C13H17FN2O5S/c1-3-16(4-2)22(19,20)9-5-6-11(14)10(7-9)13(18)21-8-12(15)17/h5-7H,3-4,8H2,1-2H3,(H2,15,17). The lowest BCUT2D eigenvalue weighted by molar-refractivity contribution is -0.121. The van der Waals surface area contributed by atoms with Gasteiger partial charge in [0.15, 0.2) is 6.61 Å². The average Bonchev–Trinajstić information content (AvgIpc) is 2.45. The zero-order valence-electron chi connectivity index (χ0n) is 12.2. The third kappa shape index (κ3) is 4.01. The smallest absolute Gasteiger partial charge is 0.341 e. The van der Waals surface area contributed by atoms with Gasteiger partial charge in [-0.15, -0.1) is 0 Å². The summed E-state index contributed by atoms with van der Waals surface area (Å²) in [5.74, 6) is -3.01. The lowest BCUT2D eigenvalue weighted by Gasteiger charge is -2.18. The van der Waals surface area contributed by atoms with Crippen molar-refractivity contribution in [2.75, 3.05) is 19.7 Å². The topological polar surface area (TPSA) is 107 Å². The highest BCUT2D eigenvalue weighted by atomic mass is 32.2. The zero-order valence-corrected chi connectivity index (χ0v) is 13.0. The van der Waals surface area contributed by atoms with E-state index in [0.29, 0.717) is 0 Å². The molecule has 0 saturated carbocycles. The number of esters is 1. The summed E-state index contributed by atoms with van der Waals surface area (Å²) in [6.07, 6.45) is 0. The van der Waals surface area contributed by atoms with Gasteiger partial charge >= 0.3 is 5.97 Å². The van der Waals surface area contributed by atoms with Crippen molar-refractivity contribution in [1.82, 2.24) is 4.31 Å². The molecule has 1 amide bonds. The third-order valence-corrected chi connectivity index (χ3v) is 4.89. The number of hydrogen-bond acceptors (Lipinski definition) is 5. The number of benzene rings is 1. The van der Waals surface area contributed by atoms with Crippen LogP contribution in [0, 0.1) is 5.82 Å². The van der Waals surface area contributed by atoms with Gasteiger partial charge in [0.05, 0.1) is 10.5 Å². The van der Waals surface area contributed by atoms with Gasteiger partial charge in [-0.3, -0.25) is 4.79 Å². The van der Waals surface area contributed by atoms with Crippen molar-refractivity contribution in [3.8, 4) is 0 Å². The van der Waals surface area contributed by atoms with E-state index in [-0.39, 0.29) is 18.0 Å². The fraction of sp³-hybridized carbons (Fsp3) is 0.385. The Labute approximate surface area is 127 Å². The summed E-state index contributed by atoms with van der Waals surface area (Å²) in [6, 6.07) is 2.80. The molecule has 0 aromatic heterocycles. The highest BCUT2D eigenvalue weighted by molar-refractivity contribution is 7.89. The normalized spacial score (nSPS) is 11.5. The Hall–Kier alpha value is -2.00. The van der Waals surface area contributed by atoms with Crippen molar-refractivity contribution in [3.05, 3.63) is 29.6 Å². The Bertz CT molecular complexity index is 671. The van der Waals surface area contributed by atoms with E-state index in [1.54, 1.807) is 13.8 Å². The molecule has 0 radical (unpaired) electrons. The second kappa shape index (κ2) is 7.32.